The van der Waals surface area contributed by atoms with Crippen molar-refractivity contribution in [3.63, 3.8) is 0 Å². The van der Waals surface area contributed by atoms with Gasteiger partial charge in [-0.15, -0.1) is 0 Å². The third kappa shape index (κ3) is 4.57. The quantitative estimate of drug-likeness (QED) is 0.821. The molecule has 0 fully saturated rings. The molecule has 0 aliphatic carbocycles. The van der Waals surface area contributed by atoms with Gasteiger partial charge in [0.25, 0.3) is 0 Å². The van der Waals surface area contributed by atoms with Gasteiger partial charge in [-0.1, -0.05) is 44.2 Å². The number of nitrogens with two attached hydrogens (primary N) is 1. The van der Waals surface area contributed by atoms with Crippen LogP contribution in [-0.2, 0) is 4.79 Å². The largest absolute Gasteiger partial charge is 0.353 e. The summed E-state index contributed by atoms with van der Waals surface area (Å²) in [5.74, 6) is 0.453. The average Bonchev–Trinajstić information content (AvgIpc) is 2.29. The molecule has 3 nitrogen and oxygen atoms in total. The molecule has 0 spiro atoms. The third-order valence-electron chi connectivity index (χ3n) is 3.02. The summed E-state index contributed by atoms with van der Waals surface area (Å²) in [6, 6.07) is 9.67. The Labute approximate surface area is 103 Å². The van der Waals surface area contributed by atoms with E-state index in [0.717, 1.165) is 5.56 Å². The van der Waals surface area contributed by atoms with Gasteiger partial charge in [-0.05, 0) is 18.4 Å². The second kappa shape index (κ2) is 6.40. The second-order valence-electron chi connectivity index (χ2n) is 4.82. The minimum Gasteiger partial charge on any atom is -0.353 e. The number of carbonyl (C=O) groups is 1. The first-order chi connectivity index (χ1) is 8.00. The zero-order valence-corrected chi connectivity index (χ0v) is 10.8. The van der Waals surface area contributed by atoms with Crippen LogP contribution in [-0.4, -0.2) is 11.9 Å². The maximum atomic E-state index is 11.8. The Morgan fingerprint density at radius 1 is 1.24 bits per heavy atom. The SMILES string of the molecule is CC(C)C(C)NC(=O)CC(N)c1ccccc1. The molecule has 1 aromatic carbocycles. The third-order valence-corrected chi connectivity index (χ3v) is 3.02. The van der Waals surface area contributed by atoms with Crippen LogP contribution >= 0.6 is 0 Å². The molecule has 0 saturated heterocycles. The molecular weight excluding hydrogens is 212 g/mol. The predicted molar refractivity (Wildman–Crippen MR) is 70.4 cm³/mol. The monoisotopic (exact) mass is 234 g/mol. The molecule has 2 atom stereocenters. The lowest BCUT2D eigenvalue weighted by atomic mass is 10.0. The molecule has 3 heteroatoms. The summed E-state index contributed by atoms with van der Waals surface area (Å²) in [5, 5.41) is 2.96. The summed E-state index contributed by atoms with van der Waals surface area (Å²) >= 11 is 0. The van der Waals surface area contributed by atoms with Crippen LogP contribution in [0.5, 0.6) is 0 Å². The van der Waals surface area contributed by atoms with Crippen LogP contribution in [0.2, 0.25) is 0 Å². The average molecular weight is 234 g/mol. The number of benzene rings is 1. The van der Waals surface area contributed by atoms with E-state index in [1.54, 1.807) is 0 Å². The first-order valence-corrected chi connectivity index (χ1v) is 6.10. The van der Waals surface area contributed by atoms with Crippen LogP contribution in [0.3, 0.4) is 0 Å². The van der Waals surface area contributed by atoms with Crippen LogP contribution in [0.1, 0.15) is 38.8 Å². The topological polar surface area (TPSA) is 55.1 Å². The molecule has 0 aliphatic heterocycles. The molecule has 2 unspecified atom stereocenters. The summed E-state index contributed by atoms with van der Waals surface area (Å²) in [7, 11) is 0. The van der Waals surface area contributed by atoms with Crippen LogP contribution in [0.15, 0.2) is 30.3 Å². The van der Waals surface area contributed by atoms with Crippen molar-refractivity contribution in [1.29, 1.82) is 0 Å². The molecule has 0 aromatic heterocycles. The van der Waals surface area contributed by atoms with Gasteiger partial charge < -0.3 is 11.1 Å². The van der Waals surface area contributed by atoms with Crippen molar-refractivity contribution < 1.29 is 4.79 Å². The zero-order chi connectivity index (χ0) is 12.8. The van der Waals surface area contributed by atoms with Crippen LogP contribution in [0.25, 0.3) is 0 Å². The molecule has 1 amide bonds. The number of nitrogens with one attached hydrogen (secondary N) is 1. The molecule has 0 aliphatic rings. The molecule has 94 valence electrons. The Hall–Kier alpha value is -1.35. The van der Waals surface area contributed by atoms with Crippen molar-refractivity contribution in [1.82, 2.24) is 5.32 Å². The first kappa shape index (κ1) is 13.7. The van der Waals surface area contributed by atoms with Gasteiger partial charge in [0.15, 0.2) is 0 Å². The minimum atomic E-state index is -0.226. The molecular formula is C14H22N2O. The van der Waals surface area contributed by atoms with Crippen molar-refractivity contribution in [2.24, 2.45) is 11.7 Å². The molecule has 17 heavy (non-hydrogen) atoms. The lowest BCUT2D eigenvalue weighted by Gasteiger charge is -2.19. The Bertz CT molecular complexity index is 348. The van der Waals surface area contributed by atoms with Gasteiger partial charge in [0.2, 0.25) is 5.91 Å². The standard InChI is InChI=1S/C14H22N2O/c1-10(2)11(3)16-14(17)9-13(15)12-7-5-4-6-8-12/h4-8,10-11,13H,9,15H2,1-3H3,(H,16,17). The van der Waals surface area contributed by atoms with Crippen molar-refractivity contribution in [2.45, 2.75) is 39.3 Å². The maximum absolute atomic E-state index is 11.8. The number of carbonyl (C=O) groups excluding carboxylic acids is 1. The van der Waals surface area contributed by atoms with Gasteiger partial charge in [0, 0.05) is 18.5 Å². The van der Waals surface area contributed by atoms with Crippen molar-refractivity contribution in [3.8, 4) is 0 Å². The van der Waals surface area contributed by atoms with Gasteiger partial charge in [-0.2, -0.15) is 0 Å². The van der Waals surface area contributed by atoms with Crippen LogP contribution in [0.4, 0.5) is 0 Å². The van der Waals surface area contributed by atoms with E-state index in [1.807, 2.05) is 37.3 Å². The van der Waals surface area contributed by atoms with Gasteiger partial charge in [0.05, 0.1) is 0 Å². The van der Waals surface area contributed by atoms with E-state index in [9.17, 15) is 4.79 Å². The molecule has 1 aromatic rings. The van der Waals surface area contributed by atoms with Crippen molar-refractivity contribution in [2.75, 3.05) is 0 Å². The van der Waals surface area contributed by atoms with E-state index >= 15 is 0 Å². The summed E-state index contributed by atoms with van der Waals surface area (Å²) in [5.41, 5.74) is 6.99. The highest BCUT2D eigenvalue weighted by Crippen LogP contribution is 2.13. The summed E-state index contributed by atoms with van der Waals surface area (Å²) in [6.07, 6.45) is 0.334. The fraction of sp³-hybridized carbons (Fsp3) is 0.500. The summed E-state index contributed by atoms with van der Waals surface area (Å²) in [6.45, 7) is 6.18. The van der Waals surface area contributed by atoms with Gasteiger partial charge in [0.1, 0.15) is 0 Å². The number of rotatable bonds is 5. The Morgan fingerprint density at radius 3 is 2.35 bits per heavy atom. The van der Waals surface area contributed by atoms with E-state index in [0.29, 0.717) is 12.3 Å². The molecule has 3 N–H and O–H groups in total. The minimum absolute atomic E-state index is 0.0163. The van der Waals surface area contributed by atoms with Crippen LogP contribution < -0.4 is 11.1 Å². The summed E-state index contributed by atoms with van der Waals surface area (Å²) < 4.78 is 0. The van der Waals surface area contributed by atoms with Crippen molar-refractivity contribution >= 4 is 5.91 Å². The smallest absolute Gasteiger partial charge is 0.222 e. The highest BCUT2D eigenvalue weighted by atomic mass is 16.1. The van der Waals surface area contributed by atoms with Crippen molar-refractivity contribution in [3.05, 3.63) is 35.9 Å². The Balaban J connectivity index is 2.47. The highest BCUT2D eigenvalue weighted by Gasteiger charge is 2.14. The predicted octanol–water partition coefficient (Wildman–Crippen LogP) is 2.24. The number of hydrogen-bond acceptors (Lipinski definition) is 2. The highest BCUT2D eigenvalue weighted by molar-refractivity contribution is 5.77. The maximum Gasteiger partial charge on any atom is 0.222 e. The summed E-state index contributed by atoms with van der Waals surface area (Å²) in [4.78, 5) is 11.8. The van der Waals surface area contributed by atoms with E-state index in [2.05, 4.69) is 19.2 Å². The Morgan fingerprint density at radius 2 is 1.82 bits per heavy atom. The molecule has 0 bridgehead atoms. The van der Waals surface area contributed by atoms with Gasteiger partial charge >= 0.3 is 0 Å². The Kier molecular flexibility index (Phi) is 5.16. The first-order valence-electron chi connectivity index (χ1n) is 6.10. The second-order valence-corrected chi connectivity index (χ2v) is 4.82. The number of hydrogen-bond donors (Lipinski definition) is 2. The lowest BCUT2D eigenvalue weighted by Crippen LogP contribution is -2.37. The lowest BCUT2D eigenvalue weighted by molar-refractivity contribution is -0.122. The molecule has 0 heterocycles. The zero-order valence-electron chi connectivity index (χ0n) is 10.8. The fourth-order valence-corrected chi connectivity index (χ4v) is 1.50. The molecule has 0 saturated carbocycles. The van der Waals surface area contributed by atoms with E-state index in [1.165, 1.54) is 0 Å². The van der Waals surface area contributed by atoms with Gasteiger partial charge in [-0.3, -0.25) is 4.79 Å². The fourth-order valence-electron chi connectivity index (χ4n) is 1.50. The molecule has 1 rings (SSSR count). The van der Waals surface area contributed by atoms with Crippen LogP contribution in [0, 0.1) is 5.92 Å². The van der Waals surface area contributed by atoms with E-state index < -0.39 is 0 Å². The van der Waals surface area contributed by atoms with E-state index in [4.69, 9.17) is 5.73 Å². The molecule has 0 radical (unpaired) electrons. The number of amides is 1. The van der Waals surface area contributed by atoms with Gasteiger partial charge in [-0.25, -0.2) is 0 Å². The normalized spacial score (nSPS) is 14.4. The van der Waals surface area contributed by atoms with E-state index in [-0.39, 0.29) is 18.0 Å².